The van der Waals surface area contributed by atoms with E-state index in [4.69, 9.17) is 4.74 Å². The first-order valence-corrected chi connectivity index (χ1v) is 9.43. The number of aliphatic hydroxyl groups excluding tert-OH is 1. The SMILES string of the molecule is COc1ccc(/C=N/N(CC(C)O)C2=NS(=O)(=O)c3ccccc32)cc1. The second-order valence-electron chi connectivity index (χ2n) is 5.83. The zero-order valence-electron chi connectivity index (χ0n) is 14.4. The van der Waals surface area contributed by atoms with Crippen LogP contribution in [-0.2, 0) is 10.0 Å². The first kappa shape index (κ1) is 18.1. The minimum absolute atomic E-state index is 0.106. The number of methoxy groups -OCH3 is 1. The summed E-state index contributed by atoms with van der Waals surface area (Å²) in [5.41, 5.74) is 1.27. The summed E-state index contributed by atoms with van der Waals surface area (Å²) in [6.07, 6.45) is 0.860. The number of rotatable bonds is 5. The molecule has 0 spiro atoms. The van der Waals surface area contributed by atoms with Crippen molar-refractivity contribution < 1.29 is 18.3 Å². The van der Waals surface area contributed by atoms with E-state index in [-0.39, 0.29) is 17.3 Å². The monoisotopic (exact) mass is 373 g/mol. The van der Waals surface area contributed by atoms with Gasteiger partial charge < -0.3 is 9.84 Å². The van der Waals surface area contributed by atoms with Gasteiger partial charge in [-0.05, 0) is 48.9 Å². The lowest BCUT2D eigenvalue weighted by molar-refractivity contribution is 0.161. The van der Waals surface area contributed by atoms with Crippen LogP contribution in [0.5, 0.6) is 5.75 Å². The molecule has 26 heavy (non-hydrogen) atoms. The maximum absolute atomic E-state index is 12.3. The van der Waals surface area contributed by atoms with Crippen LogP contribution in [0.25, 0.3) is 0 Å². The Morgan fingerprint density at radius 1 is 1.23 bits per heavy atom. The Labute approximate surface area is 152 Å². The Morgan fingerprint density at radius 2 is 1.92 bits per heavy atom. The molecule has 0 saturated carbocycles. The van der Waals surface area contributed by atoms with E-state index in [9.17, 15) is 13.5 Å². The van der Waals surface area contributed by atoms with E-state index in [2.05, 4.69) is 9.50 Å². The topological polar surface area (TPSA) is 91.6 Å². The summed E-state index contributed by atoms with van der Waals surface area (Å²) in [4.78, 5) is 0.144. The molecule has 0 radical (unpaired) electrons. The van der Waals surface area contributed by atoms with Gasteiger partial charge in [-0.25, -0.2) is 5.01 Å². The minimum atomic E-state index is -3.75. The van der Waals surface area contributed by atoms with Gasteiger partial charge in [-0.2, -0.15) is 13.5 Å². The first-order valence-electron chi connectivity index (χ1n) is 7.99. The number of amidine groups is 1. The summed E-state index contributed by atoms with van der Waals surface area (Å²) in [5, 5.41) is 15.5. The minimum Gasteiger partial charge on any atom is -0.497 e. The van der Waals surface area contributed by atoms with Gasteiger partial charge in [0, 0.05) is 5.56 Å². The van der Waals surface area contributed by atoms with Gasteiger partial charge in [-0.1, -0.05) is 12.1 Å². The second-order valence-corrected chi connectivity index (χ2v) is 7.41. The van der Waals surface area contributed by atoms with Crippen LogP contribution in [0, 0.1) is 0 Å². The van der Waals surface area contributed by atoms with Crippen molar-refractivity contribution in [2.45, 2.75) is 17.9 Å². The van der Waals surface area contributed by atoms with Crippen LogP contribution in [0.15, 0.2) is 62.9 Å². The van der Waals surface area contributed by atoms with Crippen molar-refractivity contribution in [3.63, 3.8) is 0 Å². The summed E-state index contributed by atoms with van der Waals surface area (Å²) in [7, 11) is -2.17. The fourth-order valence-corrected chi connectivity index (χ4v) is 3.75. The van der Waals surface area contributed by atoms with Crippen molar-refractivity contribution in [1.29, 1.82) is 0 Å². The quantitative estimate of drug-likeness (QED) is 0.638. The maximum atomic E-state index is 12.3. The lowest BCUT2D eigenvalue weighted by Crippen LogP contribution is -2.32. The van der Waals surface area contributed by atoms with Crippen molar-refractivity contribution in [2.75, 3.05) is 13.7 Å². The van der Waals surface area contributed by atoms with E-state index < -0.39 is 16.1 Å². The molecule has 1 atom stereocenters. The highest BCUT2D eigenvalue weighted by molar-refractivity contribution is 7.90. The second kappa shape index (κ2) is 7.27. The Kier molecular flexibility index (Phi) is 5.06. The molecule has 7 nitrogen and oxygen atoms in total. The summed E-state index contributed by atoms with van der Waals surface area (Å²) in [5.74, 6) is 0.925. The molecule has 1 N–H and O–H groups in total. The van der Waals surface area contributed by atoms with Crippen molar-refractivity contribution in [1.82, 2.24) is 5.01 Å². The van der Waals surface area contributed by atoms with Gasteiger partial charge in [-0.3, -0.25) is 0 Å². The molecule has 0 saturated heterocycles. The molecule has 0 aliphatic carbocycles. The van der Waals surface area contributed by atoms with E-state index in [0.29, 0.717) is 5.56 Å². The average molecular weight is 373 g/mol. The third-order valence-corrected chi connectivity index (χ3v) is 5.08. The molecular formula is C18H19N3O4S. The van der Waals surface area contributed by atoms with Crippen molar-refractivity contribution in [3.05, 3.63) is 59.7 Å². The summed E-state index contributed by atoms with van der Waals surface area (Å²) in [6, 6.07) is 13.8. The zero-order chi connectivity index (χ0) is 18.7. The molecule has 8 heteroatoms. The van der Waals surface area contributed by atoms with Crippen LogP contribution in [0.4, 0.5) is 0 Å². The molecule has 2 aromatic rings. The molecule has 1 aliphatic heterocycles. The van der Waals surface area contributed by atoms with Crippen molar-refractivity contribution in [2.24, 2.45) is 9.50 Å². The molecule has 2 aromatic carbocycles. The van der Waals surface area contributed by atoms with Gasteiger partial charge in [0.1, 0.15) is 10.6 Å². The fourth-order valence-electron chi connectivity index (χ4n) is 2.54. The van der Waals surface area contributed by atoms with E-state index in [0.717, 1.165) is 11.3 Å². The third-order valence-electron chi connectivity index (χ3n) is 3.76. The van der Waals surface area contributed by atoms with Gasteiger partial charge >= 0.3 is 0 Å². The predicted octanol–water partition coefficient (Wildman–Crippen LogP) is 1.86. The largest absolute Gasteiger partial charge is 0.497 e. The predicted molar refractivity (Wildman–Crippen MR) is 99.1 cm³/mol. The highest BCUT2D eigenvalue weighted by Gasteiger charge is 2.32. The van der Waals surface area contributed by atoms with E-state index in [1.165, 1.54) is 11.1 Å². The number of hydrazone groups is 1. The molecule has 3 rings (SSSR count). The van der Waals surface area contributed by atoms with Crippen LogP contribution < -0.4 is 4.74 Å². The molecule has 0 amide bonds. The number of sulfonamides is 1. The first-order chi connectivity index (χ1) is 12.4. The Balaban J connectivity index is 1.95. The highest BCUT2D eigenvalue weighted by Crippen LogP contribution is 2.27. The zero-order valence-corrected chi connectivity index (χ0v) is 15.2. The number of ether oxygens (including phenoxy) is 1. The van der Waals surface area contributed by atoms with E-state index in [1.54, 1.807) is 50.6 Å². The Morgan fingerprint density at radius 3 is 2.58 bits per heavy atom. The van der Waals surface area contributed by atoms with Gasteiger partial charge in [0.2, 0.25) is 0 Å². The van der Waals surface area contributed by atoms with Crippen LogP contribution in [0.3, 0.4) is 0 Å². The lowest BCUT2D eigenvalue weighted by Gasteiger charge is -2.20. The third kappa shape index (κ3) is 3.76. The van der Waals surface area contributed by atoms with Gasteiger partial charge in [0.05, 0.1) is 26.0 Å². The number of hydrogen-bond acceptors (Lipinski definition) is 6. The fraction of sp³-hybridized carbons (Fsp3) is 0.222. The molecule has 1 unspecified atom stereocenters. The van der Waals surface area contributed by atoms with Crippen LogP contribution >= 0.6 is 0 Å². The Hall–Kier alpha value is -2.71. The van der Waals surface area contributed by atoms with Gasteiger partial charge in [0.25, 0.3) is 10.0 Å². The summed E-state index contributed by atoms with van der Waals surface area (Å²) in [6.45, 7) is 1.71. The number of nitrogens with zero attached hydrogens (tertiary/aromatic N) is 3. The van der Waals surface area contributed by atoms with Crippen LogP contribution in [0.1, 0.15) is 18.1 Å². The Bertz CT molecular complexity index is 951. The van der Waals surface area contributed by atoms with Crippen LogP contribution in [-0.4, -0.2) is 50.3 Å². The molecule has 0 fully saturated rings. The normalized spacial score (nSPS) is 16.2. The highest BCUT2D eigenvalue weighted by atomic mass is 32.2. The molecule has 1 aliphatic rings. The standard InChI is InChI=1S/C18H19N3O4S/c1-13(22)12-21(19-11-14-7-9-15(25-2)10-8-14)18-16-5-3-4-6-17(16)26(23,24)20-18/h3-11,13,22H,12H2,1-2H3/b19-11+. The molecular weight excluding hydrogens is 354 g/mol. The summed E-state index contributed by atoms with van der Waals surface area (Å²) < 4.78 is 33.5. The van der Waals surface area contributed by atoms with Crippen LogP contribution in [0.2, 0.25) is 0 Å². The average Bonchev–Trinajstić information content (AvgIpc) is 2.90. The maximum Gasteiger partial charge on any atom is 0.285 e. The van der Waals surface area contributed by atoms with Crippen molar-refractivity contribution in [3.8, 4) is 5.75 Å². The lowest BCUT2D eigenvalue weighted by atomic mass is 10.2. The van der Waals surface area contributed by atoms with E-state index in [1.807, 2.05) is 12.1 Å². The van der Waals surface area contributed by atoms with Crippen molar-refractivity contribution >= 4 is 22.1 Å². The molecule has 0 aromatic heterocycles. The number of benzene rings is 2. The smallest absolute Gasteiger partial charge is 0.285 e. The number of fused-ring (bicyclic) bond motifs is 1. The number of hydrogen-bond donors (Lipinski definition) is 1. The molecule has 0 bridgehead atoms. The molecule has 136 valence electrons. The van der Waals surface area contributed by atoms with Gasteiger partial charge in [0.15, 0.2) is 5.84 Å². The van der Waals surface area contributed by atoms with E-state index >= 15 is 0 Å². The molecule has 1 heterocycles. The number of aliphatic hydroxyl groups is 1. The van der Waals surface area contributed by atoms with Gasteiger partial charge in [-0.15, -0.1) is 4.40 Å². The summed E-state index contributed by atoms with van der Waals surface area (Å²) >= 11 is 0.